The number of unbranched alkanes of at least 4 members (excludes halogenated alkanes) is 1. The van der Waals surface area contributed by atoms with Gasteiger partial charge in [0.25, 0.3) is 0 Å². The van der Waals surface area contributed by atoms with E-state index in [9.17, 15) is 4.79 Å². The van der Waals surface area contributed by atoms with Crippen LogP contribution in [-0.2, 0) is 11.2 Å². The van der Waals surface area contributed by atoms with Gasteiger partial charge in [-0.3, -0.25) is 4.79 Å². The van der Waals surface area contributed by atoms with Crippen LogP contribution in [0.25, 0.3) is 10.2 Å². The van der Waals surface area contributed by atoms with Gasteiger partial charge in [0.15, 0.2) is 0 Å². The molecule has 0 aliphatic rings. The summed E-state index contributed by atoms with van der Waals surface area (Å²) in [4.78, 5) is 25.3. The minimum Gasteiger partial charge on any atom is -0.369 e. The number of anilines is 1. The second kappa shape index (κ2) is 11.1. The number of thiophene rings is 1. The van der Waals surface area contributed by atoms with Crippen LogP contribution in [-0.4, -0.2) is 53.5 Å². The number of aromatic nitrogens is 2. The summed E-state index contributed by atoms with van der Waals surface area (Å²) in [5.41, 5.74) is 0. The molecule has 2 heterocycles. The van der Waals surface area contributed by atoms with Crippen LogP contribution in [0, 0.1) is 0 Å². The van der Waals surface area contributed by atoms with Crippen molar-refractivity contribution in [2.45, 2.75) is 46.5 Å². The molecule has 0 aliphatic carbocycles. The minimum atomic E-state index is 0.0882. The average molecular weight is 378 g/mol. The molecule has 2 rings (SSSR count). The zero-order chi connectivity index (χ0) is 18.8. The molecule has 0 radical (unpaired) electrons. The summed E-state index contributed by atoms with van der Waals surface area (Å²) >= 11 is 1.70. The van der Waals surface area contributed by atoms with Crippen molar-refractivity contribution >= 4 is 33.3 Å². The van der Waals surface area contributed by atoms with Gasteiger partial charge in [-0.2, -0.15) is 0 Å². The Balaban J connectivity index is 1.66. The van der Waals surface area contributed by atoms with E-state index in [4.69, 9.17) is 0 Å². The molecule has 0 aromatic carbocycles. The first-order valence-electron chi connectivity index (χ1n) is 9.64. The fraction of sp³-hybridized carbons (Fsp3) is 0.632. The number of hydrogen-bond donors (Lipinski definition) is 2. The maximum atomic E-state index is 12.0. The van der Waals surface area contributed by atoms with Crippen molar-refractivity contribution in [3.8, 4) is 0 Å². The Morgan fingerprint density at radius 2 is 1.96 bits per heavy atom. The third kappa shape index (κ3) is 6.21. The summed E-state index contributed by atoms with van der Waals surface area (Å²) in [5, 5.41) is 7.32. The van der Waals surface area contributed by atoms with E-state index in [0.29, 0.717) is 13.0 Å². The molecule has 0 aliphatic heterocycles. The Kier molecular flexibility index (Phi) is 8.77. The first-order valence-corrected chi connectivity index (χ1v) is 10.5. The Hall–Kier alpha value is -1.73. The lowest BCUT2D eigenvalue weighted by Crippen LogP contribution is -2.28. The van der Waals surface area contributed by atoms with Gasteiger partial charge in [-0.25, -0.2) is 9.97 Å². The van der Waals surface area contributed by atoms with E-state index in [-0.39, 0.29) is 5.91 Å². The van der Waals surface area contributed by atoms with Crippen LogP contribution < -0.4 is 10.6 Å². The highest BCUT2D eigenvalue weighted by Crippen LogP contribution is 2.28. The number of nitrogens with zero attached hydrogens (tertiary/aromatic N) is 3. The van der Waals surface area contributed by atoms with Crippen LogP contribution in [0.2, 0.25) is 0 Å². The molecular weight excluding hydrogens is 346 g/mol. The zero-order valence-electron chi connectivity index (χ0n) is 16.2. The lowest BCUT2D eigenvalue weighted by molar-refractivity contribution is -0.120. The highest BCUT2D eigenvalue weighted by Gasteiger charge is 2.08. The van der Waals surface area contributed by atoms with Crippen molar-refractivity contribution in [1.82, 2.24) is 20.2 Å². The van der Waals surface area contributed by atoms with E-state index in [1.165, 1.54) is 4.88 Å². The fourth-order valence-electron chi connectivity index (χ4n) is 2.83. The first kappa shape index (κ1) is 20.6. The topological polar surface area (TPSA) is 70.2 Å². The molecule has 26 heavy (non-hydrogen) atoms. The van der Waals surface area contributed by atoms with E-state index in [1.807, 2.05) is 0 Å². The zero-order valence-corrected chi connectivity index (χ0v) is 17.0. The number of aryl methyl sites for hydroxylation is 1. The van der Waals surface area contributed by atoms with Crippen molar-refractivity contribution < 1.29 is 4.79 Å². The SMILES string of the molecule is CCc1cc2c(NCCC(=O)NCCCCN(CC)CC)ncnc2s1. The third-order valence-corrected chi connectivity index (χ3v) is 5.68. The van der Waals surface area contributed by atoms with Gasteiger partial charge in [-0.05, 0) is 45.0 Å². The number of hydrogen-bond acceptors (Lipinski definition) is 6. The molecule has 2 aromatic heterocycles. The molecule has 0 bridgehead atoms. The fourth-order valence-corrected chi connectivity index (χ4v) is 3.77. The summed E-state index contributed by atoms with van der Waals surface area (Å²) in [6.07, 6.45) is 5.17. The molecule has 1 amide bonds. The van der Waals surface area contributed by atoms with Gasteiger partial charge in [0.2, 0.25) is 5.91 Å². The third-order valence-electron chi connectivity index (χ3n) is 4.49. The van der Waals surface area contributed by atoms with Crippen LogP contribution in [0.1, 0.15) is 44.9 Å². The smallest absolute Gasteiger partial charge is 0.221 e. The molecule has 0 spiro atoms. The second-order valence-corrected chi connectivity index (χ2v) is 7.38. The molecule has 144 valence electrons. The maximum absolute atomic E-state index is 12.0. The van der Waals surface area contributed by atoms with Crippen LogP contribution in [0.4, 0.5) is 5.82 Å². The van der Waals surface area contributed by atoms with Crippen LogP contribution in [0.3, 0.4) is 0 Å². The van der Waals surface area contributed by atoms with Crippen molar-refractivity contribution in [2.75, 3.05) is 38.0 Å². The van der Waals surface area contributed by atoms with E-state index >= 15 is 0 Å². The van der Waals surface area contributed by atoms with Crippen molar-refractivity contribution in [3.63, 3.8) is 0 Å². The largest absolute Gasteiger partial charge is 0.369 e. The number of rotatable bonds is 12. The molecule has 0 fully saturated rings. The summed E-state index contributed by atoms with van der Waals surface area (Å²) in [7, 11) is 0. The quantitative estimate of drug-likeness (QED) is 0.556. The minimum absolute atomic E-state index is 0.0882. The highest BCUT2D eigenvalue weighted by molar-refractivity contribution is 7.18. The molecule has 0 saturated heterocycles. The standard InChI is InChI=1S/C19H31N5OS/c1-4-15-13-16-18(22-14-23-19(16)26-15)21-11-9-17(25)20-10-7-8-12-24(5-2)6-3/h13-14H,4-12H2,1-3H3,(H,20,25)(H,21,22,23). The number of carbonyl (C=O) groups is 1. The Morgan fingerprint density at radius 3 is 2.69 bits per heavy atom. The molecule has 7 heteroatoms. The van der Waals surface area contributed by atoms with E-state index in [0.717, 1.165) is 61.5 Å². The predicted octanol–water partition coefficient (Wildman–Crippen LogP) is 3.29. The average Bonchev–Trinajstić information content (AvgIpc) is 3.09. The lowest BCUT2D eigenvalue weighted by atomic mass is 10.2. The lowest BCUT2D eigenvalue weighted by Gasteiger charge is -2.17. The molecule has 0 saturated carbocycles. The normalized spacial score (nSPS) is 11.2. The molecule has 2 N–H and O–H groups in total. The monoisotopic (exact) mass is 377 g/mol. The van der Waals surface area contributed by atoms with Crippen molar-refractivity contribution in [3.05, 3.63) is 17.3 Å². The molecule has 2 aromatic rings. The number of nitrogens with one attached hydrogen (secondary N) is 2. The summed E-state index contributed by atoms with van der Waals surface area (Å²) in [6, 6.07) is 2.14. The van der Waals surface area contributed by atoms with Gasteiger partial charge in [-0.1, -0.05) is 20.8 Å². The van der Waals surface area contributed by atoms with Gasteiger partial charge < -0.3 is 15.5 Å². The van der Waals surface area contributed by atoms with E-state index in [1.54, 1.807) is 17.7 Å². The molecular formula is C19H31N5OS. The predicted molar refractivity (Wildman–Crippen MR) is 110 cm³/mol. The van der Waals surface area contributed by atoms with Gasteiger partial charge in [0.1, 0.15) is 17.0 Å². The van der Waals surface area contributed by atoms with E-state index < -0.39 is 0 Å². The van der Waals surface area contributed by atoms with Gasteiger partial charge in [0, 0.05) is 24.4 Å². The van der Waals surface area contributed by atoms with Gasteiger partial charge >= 0.3 is 0 Å². The van der Waals surface area contributed by atoms with E-state index in [2.05, 4.69) is 52.3 Å². The van der Waals surface area contributed by atoms with Crippen LogP contribution >= 0.6 is 11.3 Å². The maximum Gasteiger partial charge on any atom is 0.221 e. The van der Waals surface area contributed by atoms with Crippen LogP contribution in [0.15, 0.2) is 12.4 Å². The molecule has 0 unspecified atom stereocenters. The van der Waals surface area contributed by atoms with Crippen LogP contribution in [0.5, 0.6) is 0 Å². The van der Waals surface area contributed by atoms with Gasteiger partial charge in [-0.15, -0.1) is 11.3 Å². The number of fused-ring (bicyclic) bond motifs is 1. The number of amides is 1. The molecule has 0 atom stereocenters. The van der Waals surface area contributed by atoms with Gasteiger partial charge in [0.05, 0.1) is 5.39 Å². The number of carbonyl (C=O) groups excluding carboxylic acids is 1. The Bertz CT molecular complexity index is 684. The first-order chi connectivity index (χ1) is 12.7. The van der Waals surface area contributed by atoms with Crippen molar-refractivity contribution in [1.29, 1.82) is 0 Å². The summed E-state index contributed by atoms with van der Waals surface area (Å²) < 4.78 is 0. The summed E-state index contributed by atoms with van der Waals surface area (Å²) in [6.45, 7) is 11.1. The highest BCUT2D eigenvalue weighted by atomic mass is 32.1. The summed E-state index contributed by atoms with van der Waals surface area (Å²) in [5.74, 6) is 0.906. The second-order valence-electron chi connectivity index (χ2n) is 6.27. The molecule has 6 nitrogen and oxygen atoms in total. The Labute approximate surface area is 160 Å². The Morgan fingerprint density at radius 1 is 1.15 bits per heavy atom. The van der Waals surface area contributed by atoms with Crippen molar-refractivity contribution in [2.24, 2.45) is 0 Å².